The molecule has 2 N–H and O–H groups in total. The Morgan fingerprint density at radius 2 is 2.27 bits per heavy atom. The van der Waals surface area contributed by atoms with Crippen molar-refractivity contribution in [3.63, 3.8) is 0 Å². The van der Waals surface area contributed by atoms with Crippen molar-refractivity contribution in [3.8, 4) is 0 Å². The molecule has 0 bridgehead atoms. The molecule has 88 valence electrons. The van der Waals surface area contributed by atoms with Crippen molar-refractivity contribution in [2.24, 2.45) is 0 Å². The number of carboxylic acid groups (broad SMARTS) is 1. The molecule has 1 aliphatic rings. The van der Waals surface area contributed by atoms with Crippen LogP contribution in [0.3, 0.4) is 0 Å². The molecular formula is C10H19NO4. The van der Waals surface area contributed by atoms with Gasteiger partial charge in [-0.2, -0.15) is 0 Å². The van der Waals surface area contributed by atoms with Crippen molar-refractivity contribution in [1.29, 1.82) is 0 Å². The number of rotatable bonds is 6. The molecule has 1 aliphatic heterocycles. The van der Waals surface area contributed by atoms with E-state index in [2.05, 4.69) is 4.90 Å². The Labute approximate surface area is 89.6 Å². The second-order valence-corrected chi connectivity index (χ2v) is 3.83. The van der Waals surface area contributed by atoms with E-state index in [1.807, 2.05) is 0 Å². The molecule has 1 unspecified atom stereocenters. The highest BCUT2D eigenvalue weighted by Crippen LogP contribution is 2.06. The first kappa shape index (κ1) is 12.4. The van der Waals surface area contributed by atoms with Crippen molar-refractivity contribution < 1.29 is 19.7 Å². The topological polar surface area (TPSA) is 70.0 Å². The van der Waals surface area contributed by atoms with E-state index in [1.165, 1.54) is 0 Å². The lowest BCUT2D eigenvalue weighted by Gasteiger charge is -2.31. The summed E-state index contributed by atoms with van der Waals surface area (Å²) in [5.74, 6) is -0.731. The summed E-state index contributed by atoms with van der Waals surface area (Å²) in [5.41, 5.74) is 0. The molecule has 5 heteroatoms. The largest absolute Gasteiger partial charge is 0.481 e. The molecule has 15 heavy (non-hydrogen) atoms. The summed E-state index contributed by atoms with van der Waals surface area (Å²) in [6, 6.07) is 0. The Bertz CT molecular complexity index is 198. The third-order valence-electron chi connectivity index (χ3n) is 2.54. The van der Waals surface area contributed by atoms with Gasteiger partial charge in [-0.3, -0.25) is 9.69 Å². The van der Waals surface area contributed by atoms with E-state index in [0.29, 0.717) is 6.61 Å². The van der Waals surface area contributed by atoms with E-state index in [0.717, 1.165) is 32.5 Å². The zero-order chi connectivity index (χ0) is 11.1. The average molecular weight is 217 g/mol. The van der Waals surface area contributed by atoms with Crippen LogP contribution >= 0.6 is 0 Å². The average Bonchev–Trinajstić information content (AvgIpc) is 2.24. The van der Waals surface area contributed by atoms with Crippen LogP contribution < -0.4 is 0 Å². The van der Waals surface area contributed by atoms with E-state index >= 15 is 0 Å². The SMILES string of the molecule is O=C(O)CCCCN1CCOC(CO)C1. The lowest BCUT2D eigenvalue weighted by Crippen LogP contribution is -2.44. The van der Waals surface area contributed by atoms with Gasteiger partial charge in [-0.25, -0.2) is 0 Å². The highest BCUT2D eigenvalue weighted by molar-refractivity contribution is 5.66. The molecule has 0 aromatic carbocycles. The quantitative estimate of drug-likeness (QED) is 0.610. The van der Waals surface area contributed by atoms with Crippen LogP contribution in [-0.4, -0.2) is 60.0 Å². The van der Waals surface area contributed by atoms with Crippen LogP contribution in [0.5, 0.6) is 0 Å². The summed E-state index contributed by atoms with van der Waals surface area (Å²) >= 11 is 0. The van der Waals surface area contributed by atoms with Gasteiger partial charge in [-0.05, 0) is 19.4 Å². The molecule has 1 atom stereocenters. The molecule has 0 aromatic heterocycles. The zero-order valence-corrected chi connectivity index (χ0v) is 8.89. The van der Waals surface area contributed by atoms with Crippen LogP contribution in [0.4, 0.5) is 0 Å². The fraction of sp³-hybridized carbons (Fsp3) is 0.900. The standard InChI is InChI=1S/C10H19NO4/c12-8-9-7-11(5-6-15-9)4-2-1-3-10(13)14/h9,12H,1-8H2,(H,13,14). The Kier molecular flexibility index (Phi) is 5.60. The molecule has 0 aliphatic carbocycles. The summed E-state index contributed by atoms with van der Waals surface area (Å²) < 4.78 is 5.32. The molecule has 1 fully saturated rings. The zero-order valence-electron chi connectivity index (χ0n) is 8.89. The fourth-order valence-corrected chi connectivity index (χ4v) is 1.71. The van der Waals surface area contributed by atoms with E-state index < -0.39 is 5.97 Å². The van der Waals surface area contributed by atoms with E-state index in [4.69, 9.17) is 14.9 Å². The Hall–Kier alpha value is -0.650. The molecular weight excluding hydrogens is 198 g/mol. The number of hydrogen-bond acceptors (Lipinski definition) is 4. The molecule has 0 radical (unpaired) electrons. The van der Waals surface area contributed by atoms with Gasteiger partial charge in [0, 0.05) is 19.5 Å². The summed E-state index contributed by atoms with van der Waals surface area (Å²) in [5, 5.41) is 17.4. The molecule has 0 spiro atoms. The van der Waals surface area contributed by atoms with Crippen molar-refractivity contribution in [3.05, 3.63) is 0 Å². The van der Waals surface area contributed by atoms with Gasteiger partial charge in [0.1, 0.15) is 0 Å². The Morgan fingerprint density at radius 1 is 1.47 bits per heavy atom. The number of carbonyl (C=O) groups is 1. The third kappa shape index (κ3) is 5.11. The van der Waals surface area contributed by atoms with Gasteiger partial charge in [-0.15, -0.1) is 0 Å². The summed E-state index contributed by atoms with van der Waals surface area (Å²) in [6.45, 7) is 3.25. The van der Waals surface area contributed by atoms with Crippen molar-refractivity contribution in [2.45, 2.75) is 25.4 Å². The van der Waals surface area contributed by atoms with Gasteiger partial charge in [-0.1, -0.05) is 0 Å². The van der Waals surface area contributed by atoms with Crippen molar-refractivity contribution >= 4 is 5.97 Å². The predicted molar refractivity (Wildman–Crippen MR) is 54.8 cm³/mol. The molecule has 0 aromatic rings. The fourth-order valence-electron chi connectivity index (χ4n) is 1.71. The van der Waals surface area contributed by atoms with E-state index in [1.54, 1.807) is 0 Å². The first-order valence-corrected chi connectivity index (χ1v) is 5.39. The first-order valence-electron chi connectivity index (χ1n) is 5.39. The minimum absolute atomic E-state index is 0.0611. The number of aliphatic carboxylic acids is 1. The van der Waals surface area contributed by atoms with E-state index in [9.17, 15) is 4.79 Å². The number of aliphatic hydroxyl groups excluding tert-OH is 1. The van der Waals surface area contributed by atoms with Gasteiger partial charge in [0.15, 0.2) is 0 Å². The van der Waals surface area contributed by atoms with Gasteiger partial charge in [0.25, 0.3) is 0 Å². The molecule has 0 saturated carbocycles. The van der Waals surface area contributed by atoms with Crippen LogP contribution in [0, 0.1) is 0 Å². The second-order valence-electron chi connectivity index (χ2n) is 3.83. The van der Waals surface area contributed by atoms with Crippen LogP contribution in [-0.2, 0) is 9.53 Å². The number of nitrogens with zero attached hydrogens (tertiary/aromatic N) is 1. The number of carboxylic acids is 1. The maximum absolute atomic E-state index is 10.3. The van der Waals surface area contributed by atoms with Gasteiger partial charge in [0.05, 0.1) is 19.3 Å². The van der Waals surface area contributed by atoms with E-state index in [-0.39, 0.29) is 19.1 Å². The number of unbranched alkanes of at least 4 members (excludes halogenated alkanes) is 1. The third-order valence-corrected chi connectivity index (χ3v) is 2.54. The molecule has 0 amide bonds. The normalized spacial score (nSPS) is 22.9. The van der Waals surface area contributed by atoms with Gasteiger partial charge in [0.2, 0.25) is 0 Å². The number of ether oxygens (including phenoxy) is 1. The minimum Gasteiger partial charge on any atom is -0.481 e. The smallest absolute Gasteiger partial charge is 0.303 e. The molecule has 1 rings (SSSR count). The first-order chi connectivity index (χ1) is 7.22. The number of morpholine rings is 1. The minimum atomic E-state index is -0.731. The molecule has 5 nitrogen and oxygen atoms in total. The maximum atomic E-state index is 10.3. The van der Waals surface area contributed by atoms with Crippen LogP contribution in [0.1, 0.15) is 19.3 Å². The Balaban J connectivity index is 2.07. The van der Waals surface area contributed by atoms with Gasteiger partial charge >= 0.3 is 5.97 Å². The van der Waals surface area contributed by atoms with Gasteiger partial charge < -0.3 is 14.9 Å². The van der Waals surface area contributed by atoms with Crippen LogP contribution in [0.2, 0.25) is 0 Å². The second kappa shape index (κ2) is 6.76. The summed E-state index contributed by atoms with van der Waals surface area (Å²) in [4.78, 5) is 12.5. The summed E-state index contributed by atoms with van der Waals surface area (Å²) in [6.07, 6.45) is 1.78. The molecule has 1 heterocycles. The highest BCUT2D eigenvalue weighted by atomic mass is 16.5. The summed E-state index contributed by atoms with van der Waals surface area (Å²) in [7, 11) is 0. The number of aliphatic hydroxyl groups is 1. The molecule has 1 saturated heterocycles. The predicted octanol–water partition coefficient (Wildman–Crippen LogP) is -0.0656. The maximum Gasteiger partial charge on any atom is 0.303 e. The van der Waals surface area contributed by atoms with Crippen molar-refractivity contribution in [2.75, 3.05) is 32.8 Å². The number of hydrogen-bond donors (Lipinski definition) is 2. The van der Waals surface area contributed by atoms with Crippen LogP contribution in [0.25, 0.3) is 0 Å². The lowest BCUT2D eigenvalue weighted by molar-refractivity contribution is -0.137. The monoisotopic (exact) mass is 217 g/mol. The lowest BCUT2D eigenvalue weighted by atomic mass is 10.2. The Morgan fingerprint density at radius 3 is 2.93 bits per heavy atom. The highest BCUT2D eigenvalue weighted by Gasteiger charge is 2.18. The van der Waals surface area contributed by atoms with Crippen LogP contribution in [0.15, 0.2) is 0 Å². The van der Waals surface area contributed by atoms with Crippen molar-refractivity contribution in [1.82, 2.24) is 4.90 Å².